The average molecular weight is 342 g/mol. The number of hydrogen-bond acceptors (Lipinski definition) is 4. The van der Waals surface area contributed by atoms with Crippen LogP contribution < -0.4 is 4.74 Å². The van der Waals surface area contributed by atoms with Gasteiger partial charge in [-0.3, -0.25) is 4.98 Å². The van der Waals surface area contributed by atoms with Gasteiger partial charge in [0, 0.05) is 37.5 Å². The molecule has 0 radical (unpaired) electrons. The normalized spacial score (nSPS) is 16.1. The molecular formula is C20H26N2O3. The van der Waals surface area contributed by atoms with Crippen molar-refractivity contribution in [1.82, 2.24) is 9.88 Å². The third-order valence-electron chi connectivity index (χ3n) is 4.32. The number of aryl methyl sites for hydroxylation is 1. The smallest absolute Gasteiger partial charge is 0.410 e. The number of carbonyl (C=O) groups is 1. The minimum atomic E-state index is -0.460. The number of fused-ring (bicyclic) bond motifs is 1. The number of para-hydroxylation sites is 1. The molecule has 2 heterocycles. The Morgan fingerprint density at radius 2 is 1.92 bits per heavy atom. The molecule has 3 rings (SSSR count). The molecule has 1 aliphatic rings. The van der Waals surface area contributed by atoms with Crippen molar-refractivity contribution in [1.29, 1.82) is 0 Å². The number of rotatable bonds is 2. The maximum atomic E-state index is 12.1. The van der Waals surface area contributed by atoms with Gasteiger partial charge in [-0.05, 0) is 45.4 Å². The van der Waals surface area contributed by atoms with Crippen LogP contribution in [0.1, 0.15) is 39.2 Å². The average Bonchev–Trinajstić information content (AvgIpc) is 2.55. The molecule has 5 nitrogen and oxygen atoms in total. The molecule has 1 aromatic heterocycles. The Bertz CT molecular complexity index is 759. The van der Waals surface area contributed by atoms with E-state index in [-0.39, 0.29) is 12.2 Å². The summed E-state index contributed by atoms with van der Waals surface area (Å²) in [5.41, 5.74) is 1.66. The summed E-state index contributed by atoms with van der Waals surface area (Å²) in [6.45, 7) is 9.02. The zero-order valence-electron chi connectivity index (χ0n) is 15.4. The van der Waals surface area contributed by atoms with E-state index in [0.717, 1.165) is 35.1 Å². The monoisotopic (exact) mass is 342 g/mol. The van der Waals surface area contributed by atoms with Crippen LogP contribution in [0.5, 0.6) is 5.75 Å². The number of piperidine rings is 1. The van der Waals surface area contributed by atoms with Crippen LogP contribution in [0.3, 0.4) is 0 Å². The molecule has 1 fully saturated rings. The van der Waals surface area contributed by atoms with Crippen molar-refractivity contribution < 1.29 is 14.3 Å². The van der Waals surface area contributed by atoms with Crippen molar-refractivity contribution in [3.63, 3.8) is 0 Å². The van der Waals surface area contributed by atoms with Crippen LogP contribution in [0.4, 0.5) is 4.79 Å². The maximum absolute atomic E-state index is 12.1. The molecule has 0 spiro atoms. The van der Waals surface area contributed by atoms with Gasteiger partial charge in [-0.25, -0.2) is 4.79 Å². The Morgan fingerprint density at radius 3 is 2.60 bits per heavy atom. The highest BCUT2D eigenvalue weighted by molar-refractivity contribution is 5.87. The number of ether oxygens (including phenoxy) is 2. The summed E-state index contributed by atoms with van der Waals surface area (Å²) in [6.07, 6.45) is 3.25. The van der Waals surface area contributed by atoms with Crippen molar-refractivity contribution in [2.75, 3.05) is 13.1 Å². The number of nitrogens with zero attached hydrogens (tertiary/aromatic N) is 2. The van der Waals surface area contributed by atoms with Crippen LogP contribution in [0.25, 0.3) is 10.9 Å². The van der Waals surface area contributed by atoms with Gasteiger partial charge in [-0.15, -0.1) is 0 Å². The van der Waals surface area contributed by atoms with E-state index < -0.39 is 5.60 Å². The molecule has 0 aliphatic carbocycles. The van der Waals surface area contributed by atoms with Crippen LogP contribution >= 0.6 is 0 Å². The number of hydrogen-bond donors (Lipinski definition) is 0. The molecule has 0 bridgehead atoms. The van der Waals surface area contributed by atoms with E-state index in [9.17, 15) is 4.79 Å². The third kappa shape index (κ3) is 4.21. The molecule has 1 aliphatic heterocycles. The summed E-state index contributed by atoms with van der Waals surface area (Å²) < 4.78 is 11.7. The lowest BCUT2D eigenvalue weighted by Gasteiger charge is -2.33. The number of likely N-dealkylation sites (tertiary alicyclic amines) is 1. The first-order valence-corrected chi connectivity index (χ1v) is 8.82. The lowest BCUT2D eigenvalue weighted by Crippen LogP contribution is -2.44. The van der Waals surface area contributed by atoms with E-state index in [1.807, 2.05) is 39.0 Å². The summed E-state index contributed by atoms with van der Waals surface area (Å²) in [5.74, 6) is 0.865. The molecule has 1 aromatic carbocycles. The number of pyridine rings is 1. The van der Waals surface area contributed by atoms with Gasteiger partial charge in [-0.1, -0.05) is 12.1 Å². The standard InChI is InChI=1S/C20H26N2O3/c1-14-6-5-7-16-17(8-11-21-18(14)16)24-15-9-12-22(13-10-15)19(23)25-20(2,3)4/h5-8,11,15H,9-10,12-13H2,1-4H3. The van der Waals surface area contributed by atoms with Crippen molar-refractivity contribution in [2.24, 2.45) is 0 Å². The Kier molecular flexibility index (Phi) is 4.84. The van der Waals surface area contributed by atoms with Gasteiger partial charge in [0.05, 0.1) is 5.52 Å². The minimum absolute atomic E-state index is 0.102. The second-order valence-electron chi connectivity index (χ2n) is 7.56. The zero-order chi connectivity index (χ0) is 18.0. The summed E-state index contributed by atoms with van der Waals surface area (Å²) in [4.78, 5) is 18.4. The zero-order valence-corrected chi connectivity index (χ0v) is 15.4. The Morgan fingerprint density at radius 1 is 1.20 bits per heavy atom. The highest BCUT2D eigenvalue weighted by atomic mass is 16.6. The summed E-state index contributed by atoms with van der Waals surface area (Å²) in [5, 5.41) is 1.04. The highest BCUT2D eigenvalue weighted by Gasteiger charge is 2.27. The van der Waals surface area contributed by atoms with E-state index in [2.05, 4.69) is 18.0 Å². The molecule has 2 aromatic rings. The van der Waals surface area contributed by atoms with Gasteiger partial charge in [0.25, 0.3) is 0 Å². The Balaban J connectivity index is 1.63. The topological polar surface area (TPSA) is 51.7 Å². The van der Waals surface area contributed by atoms with E-state index in [0.29, 0.717) is 13.1 Å². The van der Waals surface area contributed by atoms with E-state index >= 15 is 0 Å². The van der Waals surface area contributed by atoms with Gasteiger partial charge in [-0.2, -0.15) is 0 Å². The molecule has 1 saturated heterocycles. The largest absolute Gasteiger partial charge is 0.490 e. The molecule has 0 unspecified atom stereocenters. The van der Waals surface area contributed by atoms with Crippen molar-refractivity contribution in [3.8, 4) is 5.75 Å². The molecule has 25 heavy (non-hydrogen) atoms. The molecule has 1 amide bonds. The van der Waals surface area contributed by atoms with Gasteiger partial charge in [0.15, 0.2) is 0 Å². The number of carbonyl (C=O) groups excluding carboxylic acids is 1. The fourth-order valence-electron chi connectivity index (χ4n) is 3.06. The van der Waals surface area contributed by atoms with E-state index in [1.54, 1.807) is 11.1 Å². The van der Waals surface area contributed by atoms with E-state index in [1.165, 1.54) is 0 Å². The maximum Gasteiger partial charge on any atom is 0.410 e. The predicted octanol–water partition coefficient (Wildman–Crippen LogP) is 4.32. The molecular weight excluding hydrogens is 316 g/mol. The molecule has 0 N–H and O–H groups in total. The first-order chi connectivity index (χ1) is 11.8. The number of aromatic nitrogens is 1. The van der Waals surface area contributed by atoms with Gasteiger partial charge in [0.2, 0.25) is 0 Å². The number of benzene rings is 1. The molecule has 134 valence electrons. The van der Waals surface area contributed by atoms with Gasteiger partial charge in [0.1, 0.15) is 17.5 Å². The SMILES string of the molecule is Cc1cccc2c(OC3CCN(C(=O)OC(C)(C)C)CC3)ccnc12. The second kappa shape index (κ2) is 6.90. The second-order valence-corrected chi connectivity index (χ2v) is 7.56. The lowest BCUT2D eigenvalue weighted by molar-refractivity contribution is 0.0128. The Hall–Kier alpha value is -2.30. The summed E-state index contributed by atoms with van der Waals surface area (Å²) in [6, 6.07) is 8.04. The molecule has 5 heteroatoms. The van der Waals surface area contributed by atoms with Crippen LogP contribution in [0.15, 0.2) is 30.5 Å². The summed E-state index contributed by atoms with van der Waals surface area (Å²) >= 11 is 0. The van der Waals surface area contributed by atoms with Gasteiger partial charge < -0.3 is 14.4 Å². The first-order valence-electron chi connectivity index (χ1n) is 8.82. The van der Waals surface area contributed by atoms with Gasteiger partial charge >= 0.3 is 6.09 Å². The Labute approximate surface area is 148 Å². The molecule has 0 saturated carbocycles. The van der Waals surface area contributed by atoms with Crippen LogP contribution in [-0.4, -0.2) is 40.8 Å². The lowest BCUT2D eigenvalue weighted by atomic mass is 10.1. The van der Waals surface area contributed by atoms with E-state index in [4.69, 9.17) is 9.47 Å². The fourth-order valence-corrected chi connectivity index (χ4v) is 3.06. The van der Waals surface area contributed by atoms with Crippen molar-refractivity contribution >= 4 is 17.0 Å². The first kappa shape index (κ1) is 17.5. The van der Waals surface area contributed by atoms with Crippen molar-refractivity contribution in [3.05, 3.63) is 36.0 Å². The summed E-state index contributed by atoms with van der Waals surface area (Å²) in [7, 11) is 0. The minimum Gasteiger partial charge on any atom is -0.490 e. The van der Waals surface area contributed by atoms with Crippen LogP contribution in [0.2, 0.25) is 0 Å². The fraction of sp³-hybridized carbons (Fsp3) is 0.500. The van der Waals surface area contributed by atoms with Crippen molar-refractivity contribution in [2.45, 2.75) is 52.2 Å². The third-order valence-corrected chi connectivity index (χ3v) is 4.32. The quantitative estimate of drug-likeness (QED) is 0.815. The molecule has 0 atom stereocenters. The number of amides is 1. The van der Waals surface area contributed by atoms with Crippen LogP contribution in [0, 0.1) is 6.92 Å². The highest BCUT2D eigenvalue weighted by Crippen LogP contribution is 2.28. The predicted molar refractivity (Wildman–Crippen MR) is 97.9 cm³/mol. The van der Waals surface area contributed by atoms with Crippen LogP contribution in [-0.2, 0) is 4.74 Å².